The van der Waals surface area contributed by atoms with Crippen LogP contribution in [0.2, 0.25) is 0 Å². The van der Waals surface area contributed by atoms with Gasteiger partial charge in [0.25, 0.3) is 0 Å². The van der Waals surface area contributed by atoms with Crippen molar-refractivity contribution in [2.45, 2.75) is 20.3 Å². The van der Waals surface area contributed by atoms with Crippen LogP contribution in [0.3, 0.4) is 0 Å². The lowest BCUT2D eigenvalue weighted by Gasteiger charge is -1.98. The van der Waals surface area contributed by atoms with E-state index in [1.54, 1.807) is 5.41 Å². The molecule has 0 aliphatic heterocycles. The number of allylic oxidation sites excluding steroid dienone is 4. The van der Waals surface area contributed by atoms with Crippen molar-refractivity contribution < 1.29 is 0 Å². The van der Waals surface area contributed by atoms with E-state index < -0.39 is 0 Å². The molecule has 0 radical (unpaired) electrons. The average Bonchev–Trinajstić information content (AvgIpc) is 2.11. The van der Waals surface area contributed by atoms with Crippen molar-refractivity contribution in [3.63, 3.8) is 0 Å². The van der Waals surface area contributed by atoms with Gasteiger partial charge in [0.1, 0.15) is 0 Å². The molecular weight excluding hydrogens is 184 g/mol. The Morgan fingerprint density at radius 2 is 2.17 bits per heavy atom. The van der Waals surface area contributed by atoms with E-state index in [9.17, 15) is 0 Å². The summed E-state index contributed by atoms with van der Waals surface area (Å²) in [5.74, 6) is 1.05. The highest BCUT2D eigenvalue weighted by molar-refractivity contribution is 8.03. The standard InChI is InChI=1S/C10H16S2/c1-3-10(4-2)12-9-7-5-6-8-11/h3,5-8,11H,4,9H2,1-2H3/b7-5+,8-6-,10-3-. The summed E-state index contributed by atoms with van der Waals surface area (Å²) < 4.78 is 0. The fourth-order valence-electron chi connectivity index (χ4n) is 0.728. The van der Waals surface area contributed by atoms with Gasteiger partial charge in [0, 0.05) is 5.75 Å². The molecule has 0 aromatic rings. The van der Waals surface area contributed by atoms with Gasteiger partial charge in [-0.3, -0.25) is 0 Å². The van der Waals surface area contributed by atoms with E-state index in [0.29, 0.717) is 0 Å². The third kappa shape index (κ3) is 6.62. The summed E-state index contributed by atoms with van der Waals surface area (Å²) in [5, 5.41) is 1.73. The molecule has 0 aliphatic carbocycles. The van der Waals surface area contributed by atoms with Gasteiger partial charge in [-0.15, -0.1) is 11.8 Å². The first-order chi connectivity index (χ1) is 5.85. The first-order valence-corrected chi connectivity index (χ1v) is 5.59. The predicted octanol–water partition coefficient (Wildman–Crippen LogP) is 4.03. The Hall–Kier alpha value is -0.0800. The van der Waals surface area contributed by atoms with Crippen LogP contribution in [0.25, 0.3) is 0 Å². The van der Waals surface area contributed by atoms with Gasteiger partial charge in [-0.05, 0) is 23.7 Å². The lowest BCUT2D eigenvalue weighted by molar-refractivity contribution is 1.19. The van der Waals surface area contributed by atoms with Gasteiger partial charge in [-0.25, -0.2) is 0 Å². The Bertz CT molecular complexity index is 178. The smallest absolute Gasteiger partial charge is 0.0160 e. The quantitative estimate of drug-likeness (QED) is 0.516. The van der Waals surface area contributed by atoms with Crippen molar-refractivity contribution in [3.05, 3.63) is 34.6 Å². The van der Waals surface area contributed by atoms with E-state index in [-0.39, 0.29) is 0 Å². The Labute approximate surface area is 85.2 Å². The summed E-state index contributed by atoms with van der Waals surface area (Å²) in [5.41, 5.74) is 0. The van der Waals surface area contributed by atoms with Crippen LogP contribution < -0.4 is 0 Å². The van der Waals surface area contributed by atoms with E-state index in [1.807, 2.05) is 23.9 Å². The molecule has 0 nitrogen and oxygen atoms in total. The molecule has 0 fully saturated rings. The van der Waals surface area contributed by atoms with Gasteiger partial charge in [0.2, 0.25) is 0 Å². The van der Waals surface area contributed by atoms with Gasteiger partial charge in [0.05, 0.1) is 0 Å². The summed E-state index contributed by atoms with van der Waals surface area (Å²) in [6, 6.07) is 0. The maximum Gasteiger partial charge on any atom is 0.0160 e. The summed E-state index contributed by atoms with van der Waals surface area (Å²) in [6.07, 6.45) is 9.38. The lowest BCUT2D eigenvalue weighted by atomic mass is 10.4. The predicted molar refractivity (Wildman–Crippen MR) is 63.8 cm³/mol. The minimum atomic E-state index is 1.05. The van der Waals surface area contributed by atoms with E-state index in [2.05, 4.69) is 38.6 Å². The normalized spacial score (nSPS) is 13.4. The maximum atomic E-state index is 3.95. The van der Waals surface area contributed by atoms with Gasteiger partial charge in [0.15, 0.2) is 0 Å². The van der Waals surface area contributed by atoms with E-state index in [0.717, 1.165) is 12.2 Å². The number of thioether (sulfide) groups is 1. The van der Waals surface area contributed by atoms with Crippen molar-refractivity contribution in [2.75, 3.05) is 5.75 Å². The molecule has 0 heterocycles. The Balaban J connectivity index is 3.55. The molecule has 0 saturated carbocycles. The molecule has 0 bridgehead atoms. The maximum absolute atomic E-state index is 3.95. The molecule has 0 spiro atoms. The SMILES string of the molecule is C/C=C(/CC)SC/C=C/C=C\S. The highest BCUT2D eigenvalue weighted by Crippen LogP contribution is 2.18. The molecule has 68 valence electrons. The monoisotopic (exact) mass is 200 g/mol. The molecule has 0 amide bonds. The minimum absolute atomic E-state index is 1.05. The minimum Gasteiger partial charge on any atom is -0.151 e. The first-order valence-electron chi connectivity index (χ1n) is 4.09. The topological polar surface area (TPSA) is 0 Å². The molecule has 0 aromatic carbocycles. The molecule has 0 aromatic heterocycles. The molecule has 0 aliphatic rings. The van der Waals surface area contributed by atoms with E-state index >= 15 is 0 Å². The first kappa shape index (κ1) is 11.9. The van der Waals surface area contributed by atoms with Crippen molar-refractivity contribution in [1.82, 2.24) is 0 Å². The van der Waals surface area contributed by atoms with Crippen molar-refractivity contribution in [1.29, 1.82) is 0 Å². The Kier molecular flexibility index (Phi) is 8.95. The zero-order chi connectivity index (χ0) is 9.23. The van der Waals surface area contributed by atoms with Gasteiger partial charge < -0.3 is 0 Å². The van der Waals surface area contributed by atoms with Crippen molar-refractivity contribution in [3.8, 4) is 0 Å². The zero-order valence-electron chi connectivity index (χ0n) is 7.66. The number of rotatable bonds is 5. The van der Waals surface area contributed by atoms with E-state index in [4.69, 9.17) is 0 Å². The van der Waals surface area contributed by atoms with Gasteiger partial charge in [-0.2, -0.15) is 12.6 Å². The highest BCUT2D eigenvalue weighted by atomic mass is 32.2. The fraction of sp³-hybridized carbons (Fsp3) is 0.400. The number of thiol groups is 1. The van der Waals surface area contributed by atoms with Crippen LogP contribution in [0.1, 0.15) is 20.3 Å². The van der Waals surface area contributed by atoms with E-state index in [1.165, 1.54) is 4.91 Å². The van der Waals surface area contributed by atoms with Crippen LogP contribution in [0, 0.1) is 0 Å². The number of hydrogen-bond donors (Lipinski definition) is 1. The summed E-state index contributed by atoms with van der Waals surface area (Å²) >= 11 is 5.84. The molecule has 0 unspecified atom stereocenters. The molecule has 2 heteroatoms. The van der Waals surface area contributed by atoms with Crippen LogP contribution in [-0.2, 0) is 0 Å². The largest absolute Gasteiger partial charge is 0.151 e. The molecule has 0 N–H and O–H groups in total. The molecule has 0 saturated heterocycles. The molecule has 0 rings (SSSR count). The Morgan fingerprint density at radius 1 is 1.42 bits per heavy atom. The van der Waals surface area contributed by atoms with Gasteiger partial charge >= 0.3 is 0 Å². The van der Waals surface area contributed by atoms with Crippen molar-refractivity contribution >= 4 is 24.4 Å². The third-order valence-electron chi connectivity index (χ3n) is 1.37. The lowest BCUT2D eigenvalue weighted by Crippen LogP contribution is -1.74. The Morgan fingerprint density at radius 3 is 2.67 bits per heavy atom. The van der Waals surface area contributed by atoms with Crippen molar-refractivity contribution in [2.24, 2.45) is 0 Å². The average molecular weight is 200 g/mol. The van der Waals surface area contributed by atoms with Crippen LogP contribution in [0.5, 0.6) is 0 Å². The van der Waals surface area contributed by atoms with Gasteiger partial charge in [-0.1, -0.05) is 31.2 Å². The second-order valence-electron chi connectivity index (χ2n) is 2.19. The number of hydrogen-bond acceptors (Lipinski definition) is 2. The summed E-state index contributed by atoms with van der Waals surface area (Å²) in [6.45, 7) is 4.27. The summed E-state index contributed by atoms with van der Waals surface area (Å²) in [7, 11) is 0. The second-order valence-corrected chi connectivity index (χ2v) is 3.63. The summed E-state index contributed by atoms with van der Waals surface area (Å²) in [4.78, 5) is 1.45. The van der Waals surface area contributed by atoms with Crippen LogP contribution in [-0.4, -0.2) is 5.75 Å². The van der Waals surface area contributed by atoms with Crippen LogP contribution >= 0.6 is 24.4 Å². The van der Waals surface area contributed by atoms with Crippen LogP contribution in [0.15, 0.2) is 34.6 Å². The molecular formula is C10H16S2. The highest BCUT2D eigenvalue weighted by Gasteiger charge is 1.89. The van der Waals surface area contributed by atoms with Crippen LogP contribution in [0.4, 0.5) is 0 Å². The fourth-order valence-corrected chi connectivity index (χ4v) is 1.62. The zero-order valence-corrected chi connectivity index (χ0v) is 9.37. The third-order valence-corrected chi connectivity index (χ3v) is 2.80. The molecule has 12 heavy (non-hydrogen) atoms. The second kappa shape index (κ2) is 9.01. The molecule has 0 atom stereocenters.